The molecule has 1 aliphatic carbocycles. The average molecular weight is 419 g/mol. The van der Waals surface area contributed by atoms with Crippen molar-refractivity contribution in [1.29, 1.82) is 0 Å². The van der Waals surface area contributed by atoms with Crippen LogP contribution in [0.3, 0.4) is 0 Å². The predicted molar refractivity (Wildman–Crippen MR) is 115 cm³/mol. The summed E-state index contributed by atoms with van der Waals surface area (Å²) in [7, 11) is 0. The van der Waals surface area contributed by atoms with Crippen molar-refractivity contribution in [2.24, 2.45) is 11.3 Å². The van der Waals surface area contributed by atoms with Crippen molar-refractivity contribution in [3.63, 3.8) is 0 Å². The largest absolute Gasteiger partial charge is 0.355 e. The maximum Gasteiger partial charge on any atom is 0.259 e. The molecule has 3 N–H and O–H groups in total. The highest BCUT2D eigenvalue weighted by Gasteiger charge is 2.31. The van der Waals surface area contributed by atoms with Crippen LogP contribution in [0.25, 0.3) is 10.2 Å². The summed E-state index contributed by atoms with van der Waals surface area (Å²) < 4.78 is 0. The minimum absolute atomic E-state index is 0.0947. The molecule has 0 fully saturated rings. The zero-order valence-electron chi connectivity index (χ0n) is 17.6. The molecule has 2 aromatic rings. The van der Waals surface area contributed by atoms with Gasteiger partial charge in [-0.3, -0.25) is 14.4 Å². The van der Waals surface area contributed by atoms with Gasteiger partial charge in [0.15, 0.2) is 0 Å². The molecule has 2 heterocycles. The Morgan fingerprint density at radius 2 is 1.97 bits per heavy atom. The molecule has 3 rings (SSSR count). The predicted octanol–water partition coefficient (Wildman–Crippen LogP) is 2.32. The fourth-order valence-electron chi connectivity index (χ4n) is 3.85. The van der Waals surface area contributed by atoms with Crippen LogP contribution in [-0.2, 0) is 28.9 Å². The molecule has 0 radical (unpaired) electrons. The van der Waals surface area contributed by atoms with E-state index in [0.29, 0.717) is 31.3 Å². The Morgan fingerprint density at radius 1 is 1.24 bits per heavy atom. The van der Waals surface area contributed by atoms with E-state index in [1.54, 1.807) is 11.3 Å². The summed E-state index contributed by atoms with van der Waals surface area (Å²) in [5.74, 6) is 0.909. The molecule has 0 saturated heterocycles. The number of hydrogen-bond acceptors (Lipinski definition) is 5. The molecule has 1 aliphatic rings. The van der Waals surface area contributed by atoms with Crippen LogP contribution >= 0.6 is 11.3 Å². The van der Waals surface area contributed by atoms with Gasteiger partial charge in [0, 0.05) is 37.7 Å². The normalized spacial score (nSPS) is 16.5. The van der Waals surface area contributed by atoms with E-state index in [0.717, 1.165) is 29.5 Å². The third-order valence-corrected chi connectivity index (χ3v) is 6.75. The van der Waals surface area contributed by atoms with Crippen LogP contribution in [0.1, 0.15) is 56.8 Å². The number of aryl methyl sites for hydroxylation is 2. The van der Waals surface area contributed by atoms with E-state index in [1.807, 2.05) is 0 Å². The van der Waals surface area contributed by atoms with Gasteiger partial charge in [0.1, 0.15) is 10.7 Å². The van der Waals surface area contributed by atoms with Crippen molar-refractivity contribution < 1.29 is 9.59 Å². The zero-order chi connectivity index (χ0) is 21.2. The Labute approximate surface area is 174 Å². The van der Waals surface area contributed by atoms with Crippen molar-refractivity contribution in [3.8, 4) is 0 Å². The first kappa shape index (κ1) is 21.5. The van der Waals surface area contributed by atoms with Crippen LogP contribution in [0.5, 0.6) is 0 Å². The summed E-state index contributed by atoms with van der Waals surface area (Å²) in [5.41, 5.74) is 1.33. The van der Waals surface area contributed by atoms with E-state index < -0.39 is 0 Å². The number of hydrogen-bond donors (Lipinski definition) is 3. The van der Waals surface area contributed by atoms with E-state index in [2.05, 4.69) is 41.4 Å². The van der Waals surface area contributed by atoms with Crippen LogP contribution < -0.4 is 16.2 Å². The molecule has 7 nitrogen and oxygen atoms in total. The fraction of sp³-hybridized carbons (Fsp3) is 0.619. The lowest BCUT2D eigenvalue weighted by Gasteiger charge is -2.33. The van der Waals surface area contributed by atoms with Gasteiger partial charge in [-0.15, -0.1) is 11.3 Å². The molecule has 1 atom stereocenters. The Bertz CT molecular complexity index is 971. The lowest BCUT2D eigenvalue weighted by molar-refractivity contribution is -0.122. The van der Waals surface area contributed by atoms with Crippen LogP contribution in [0, 0.1) is 11.3 Å². The number of amides is 2. The summed E-state index contributed by atoms with van der Waals surface area (Å²) in [5, 5.41) is 6.11. The van der Waals surface area contributed by atoms with Gasteiger partial charge in [0.05, 0.1) is 5.39 Å². The number of thiophene rings is 1. The van der Waals surface area contributed by atoms with Crippen molar-refractivity contribution >= 4 is 33.4 Å². The minimum atomic E-state index is -0.128. The summed E-state index contributed by atoms with van der Waals surface area (Å²) in [6, 6.07) is 0. The van der Waals surface area contributed by atoms with Crippen LogP contribution in [-0.4, -0.2) is 34.9 Å². The van der Waals surface area contributed by atoms with Crippen LogP contribution in [0.15, 0.2) is 4.79 Å². The first-order valence-corrected chi connectivity index (χ1v) is 11.0. The minimum Gasteiger partial charge on any atom is -0.355 e. The Balaban J connectivity index is 1.67. The van der Waals surface area contributed by atoms with Gasteiger partial charge in [0.2, 0.25) is 11.8 Å². The quantitative estimate of drug-likeness (QED) is 0.626. The van der Waals surface area contributed by atoms with Crippen molar-refractivity contribution in [2.75, 3.05) is 13.1 Å². The van der Waals surface area contributed by atoms with Crippen molar-refractivity contribution in [2.45, 2.75) is 59.8 Å². The second-order valence-corrected chi connectivity index (χ2v) is 9.92. The number of rotatable bonds is 6. The van der Waals surface area contributed by atoms with Gasteiger partial charge in [-0.25, -0.2) is 4.98 Å². The standard InChI is InChI=1S/C21H30N4O3S/c1-12(26)22-9-10-23-17(27)8-7-16-24-19(28)18-14-6-5-13(21(2,3)4)11-15(14)29-20(18)25-16/h13H,5-11H2,1-4H3,(H,22,26)(H,23,27)(H,24,25,28)/t13-/m0/s1. The van der Waals surface area contributed by atoms with Gasteiger partial charge < -0.3 is 15.6 Å². The van der Waals surface area contributed by atoms with E-state index in [9.17, 15) is 14.4 Å². The molecule has 2 aromatic heterocycles. The van der Waals surface area contributed by atoms with E-state index in [1.165, 1.54) is 17.4 Å². The molecule has 0 saturated carbocycles. The van der Waals surface area contributed by atoms with Gasteiger partial charge in [0.25, 0.3) is 5.56 Å². The van der Waals surface area contributed by atoms with Gasteiger partial charge in [-0.1, -0.05) is 20.8 Å². The highest BCUT2D eigenvalue weighted by molar-refractivity contribution is 7.18. The molecular formula is C21H30N4O3S. The van der Waals surface area contributed by atoms with Gasteiger partial charge >= 0.3 is 0 Å². The molecule has 0 aromatic carbocycles. The average Bonchev–Trinajstić information content (AvgIpc) is 3.00. The number of fused-ring (bicyclic) bond motifs is 3. The Morgan fingerprint density at radius 3 is 2.66 bits per heavy atom. The molecular weight excluding hydrogens is 388 g/mol. The number of aromatic amines is 1. The number of carbonyl (C=O) groups is 2. The van der Waals surface area contributed by atoms with Gasteiger partial charge in [-0.05, 0) is 36.2 Å². The Kier molecular flexibility index (Phi) is 6.41. The zero-order valence-corrected chi connectivity index (χ0v) is 18.4. The van der Waals surface area contributed by atoms with Crippen LogP contribution in [0.4, 0.5) is 0 Å². The topological polar surface area (TPSA) is 104 Å². The summed E-state index contributed by atoms with van der Waals surface area (Å²) >= 11 is 1.63. The first-order chi connectivity index (χ1) is 13.6. The smallest absolute Gasteiger partial charge is 0.259 e. The third-order valence-electron chi connectivity index (χ3n) is 5.60. The maximum atomic E-state index is 12.7. The fourth-order valence-corrected chi connectivity index (χ4v) is 5.17. The molecule has 0 spiro atoms. The van der Waals surface area contributed by atoms with Crippen molar-refractivity contribution in [1.82, 2.24) is 20.6 Å². The lowest BCUT2D eigenvalue weighted by atomic mass is 9.72. The second-order valence-electron chi connectivity index (χ2n) is 8.84. The molecule has 0 bridgehead atoms. The van der Waals surface area contributed by atoms with Crippen molar-refractivity contribution in [3.05, 3.63) is 26.6 Å². The monoisotopic (exact) mass is 418 g/mol. The SMILES string of the molecule is CC(=O)NCCNC(=O)CCc1nc2sc3c(c2c(=O)[nH]1)CC[C@H](C(C)(C)C)C3. The molecule has 0 unspecified atom stereocenters. The number of nitrogens with zero attached hydrogens (tertiary/aromatic N) is 1. The number of carbonyl (C=O) groups excluding carboxylic acids is 2. The third kappa shape index (κ3) is 5.23. The summed E-state index contributed by atoms with van der Waals surface area (Å²) in [6.45, 7) is 9.05. The Hall–Kier alpha value is -2.22. The second kappa shape index (κ2) is 8.65. The summed E-state index contributed by atoms with van der Waals surface area (Å²) in [6.07, 6.45) is 3.65. The van der Waals surface area contributed by atoms with Gasteiger partial charge in [-0.2, -0.15) is 0 Å². The molecule has 0 aliphatic heterocycles. The maximum absolute atomic E-state index is 12.7. The van der Waals surface area contributed by atoms with E-state index in [4.69, 9.17) is 0 Å². The van der Waals surface area contributed by atoms with E-state index >= 15 is 0 Å². The lowest BCUT2D eigenvalue weighted by Crippen LogP contribution is -2.33. The number of nitrogens with one attached hydrogen (secondary N) is 3. The van der Waals surface area contributed by atoms with E-state index in [-0.39, 0.29) is 29.2 Å². The van der Waals surface area contributed by atoms with Crippen LogP contribution in [0.2, 0.25) is 0 Å². The summed E-state index contributed by atoms with van der Waals surface area (Å²) in [4.78, 5) is 45.1. The molecule has 29 heavy (non-hydrogen) atoms. The number of H-pyrrole nitrogens is 1. The highest BCUT2D eigenvalue weighted by Crippen LogP contribution is 2.41. The number of aromatic nitrogens is 2. The molecule has 2 amide bonds. The molecule has 158 valence electrons. The molecule has 8 heteroatoms. The first-order valence-electron chi connectivity index (χ1n) is 10.2. The highest BCUT2D eigenvalue weighted by atomic mass is 32.1.